The number of nitrogens with zero attached hydrogens (tertiary/aromatic N) is 1. The van der Waals surface area contributed by atoms with Gasteiger partial charge in [0.25, 0.3) is 0 Å². The zero-order valence-corrected chi connectivity index (χ0v) is 13.7. The zero-order chi connectivity index (χ0) is 15.5. The third-order valence-corrected chi connectivity index (χ3v) is 3.10. The number of pyridine rings is 1. The van der Waals surface area contributed by atoms with Crippen LogP contribution >= 0.6 is 0 Å². The maximum atomic E-state index is 11.8. The molecule has 0 aliphatic rings. The Kier molecular flexibility index (Phi) is 5.28. The predicted molar refractivity (Wildman–Crippen MR) is 82.8 cm³/mol. The van der Waals surface area contributed by atoms with Gasteiger partial charge < -0.3 is 10.6 Å². The highest BCUT2D eigenvalue weighted by Crippen LogP contribution is 2.20. The minimum atomic E-state index is -0.195. The van der Waals surface area contributed by atoms with Gasteiger partial charge in [-0.3, -0.25) is 9.78 Å². The van der Waals surface area contributed by atoms with E-state index >= 15 is 0 Å². The fourth-order valence-electron chi connectivity index (χ4n) is 2.50. The average molecular weight is 277 g/mol. The lowest BCUT2D eigenvalue weighted by Gasteiger charge is -2.23. The van der Waals surface area contributed by atoms with Crippen LogP contribution in [0, 0.1) is 20.8 Å². The number of carbonyl (C=O) groups excluding carboxylic acids is 1. The largest absolute Gasteiger partial charge is 0.350 e. The van der Waals surface area contributed by atoms with Crippen LogP contribution in [-0.4, -0.2) is 23.0 Å². The van der Waals surface area contributed by atoms with Crippen LogP contribution in [0.15, 0.2) is 6.07 Å². The Morgan fingerprint density at radius 2 is 1.90 bits per heavy atom. The third-order valence-electron chi connectivity index (χ3n) is 3.10. The van der Waals surface area contributed by atoms with E-state index < -0.39 is 0 Å². The molecule has 0 fully saturated rings. The predicted octanol–water partition coefficient (Wildman–Crippen LogP) is 2.57. The van der Waals surface area contributed by atoms with Crippen molar-refractivity contribution in [3.8, 4) is 0 Å². The van der Waals surface area contributed by atoms with Gasteiger partial charge in [0.1, 0.15) is 0 Å². The van der Waals surface area contributed by atoms with E-state index in [1.165, 1.54) is 11.1 Å². The van der Waals surface area contributed by atoms with E-state index in [-0.39, 0.29) is 17.5 Å². The lowest BCUT2D eigenvalue weighted by atomic mass is 10.0. The molecule has 1 atom stereocenters. The minimum absolute atomic E-state index is 0.0136. The molecule has 0 aliphatic carbocycles. The molecule has 1 heterocycles. The number of aromatic nitrogens is 1. The fraction of sp³-hybridized carbons (Fsp3) is 0.625. The van der Waals surface area contributed by atoms with Crippen LogP contribution in [0.1, 0.15) is 56.3 Å². The van der Waals surface area contributed by atoms with Crippen molar-refractivity contribution in [2.45, 2.75) is 60.0 Å². The maximum absolute atomic E-state index is 11.8. The van der Waals surface area contributed by atoms with Crippen LogP contribution in [0.2, 0.25) is 0 Å². The molecule has 4 heteroatoms. The van der Waals surface area contributed by atoms with Gasteiger partial charge in [0.05, 0.1) is 6.54 Å². The first-order valence-electron chi connectivity index (χ1n) is 7.09. The molecule has 2 N–H and O–H groups in total. The van der Waals surface area contributed by atoms with E-state index in [1.54, 1.807) is 0 Å². The second-order valence-electron chi connectivity index (χ2n) is 6.48. The molecule has 0 saturated heterocycles. The van der Waals surface area contributed by atoms with Crippen LogP contribution in [-0.2, 0) is 4.79 Å². The molecule has 20 heavy (non-hydrogen) atoms. The summed E-state index contributed by atoms with van der Waals surface area (Å²) < 4.78 is 0. The number of carbonyl (C=O) groups is 1. The smallest absolute Gasteiger partial charge is 0.234 e. The standard InChI is InChI=1S/C16H27N3O/c1-10-8-11(2)18-13(4)15(10)12(3)17-9-14(20)19-16(5,6)7/h8,12,17H,9H2,1-7H3,(H,19,20). The molecule has 1 rings (SSSR count). The van der Waals surface area contributed by atoms with Crippen molar-refractivity contribution in [3.05, 3.63) is 28.6 Å². The Bertz CT molecular complexity index is 466. The molecular formula is C16H27N3O. The van der Waals surface area contributed by atoms with E-state index in [1.807, 2.05) is 34.6 Å². The van der Waals surface area contributed by atoms with E-state index in [0.717, 1.165) is 11.4 Å². The highest BCUT2D eigenvalue weighted by atomic mass is 16.2. The van der Waals surface area contributed by atoms with Crippen LogP contribution in [0.3, 0.4) is 0 Å². The lowest BCUT2D eigenvalue weighted by Crippen LogP contribution is -2.45. The number of aryl methyl sites for hydroxylation is 3. The average Bonchev–Trinajstić information content (AvgIpc) is 2.22. The summed E-state index contributed by atoms with van der Waals surface area (Å²) in [7, 11) is 0. The summed E-state index contributed by atoms with van der Waals surface area (Å²) in [5.41, 5.74) is 4.25. The van der Waals surface area contributed by atoms with Gasteiger partial charge in [-0.05, 0) is 65.7 Å². The van der Waals surface area contributed by atoms with Gasteiger partial charge in [-0.2, -0.15) is 0 Å². The van der Waals surface area contributed by atoms with Crippen molar-refractivity contribution < 1.29 is 4.79 Å². The molecule has 0 aliphatic heterocycles. The number of rotatable bonds is 4. The first-order chi connectivity index (χ1) is 9.10. The van der Waals surface area contributed by atoms with Gasteiger partial charge in [-0.25, -0.2) is 0 Å². The fourth-order valence-corrected chi connectivity index (χ4v) is 2.50. The van der Waals surface area contributed by atoms with Crippen molar-refractivity contribution in [1.82, 2.24) is 15.6 Å². The molecule has 112 valence electrons. The SMILES string of the molecule is Cc1cc(C)c(C(C)NCC(=O)NC(C)(C)C)c(C)n1. The lowest BCUT2D eigenvalue weighted by molar-refractivity contribution is -0.121. The maximum Gasteiger partial charge on any atom is 0.234 e. The van der Waals surface area contributed by atoms with Crippen molar-refractivity contribution in [1.29, 1.82) is 0 Å². The van der Waals surface area contributed by atoms with Crippen molar-refractivity contribution in [2.75, 3.05) is 6.54 Å². The Morgan fingerprint density at radius 3 is 2.40 bits per heavy atom. The van der Waals surface area contributed by atoms with Crippen LogP contribution in [0.25, 0.3) is 0 Å². The highest BCUT2D eigenvalue weighted by molar-refractivity contribution is 5.78. The monoisotopic (exact) mass is 277 g/mol. The molecule has 0 aromatic carbocycles. The molecule has 4 nitrogen and oxygen atoms in total. The Balaban J connectivity index is 2.69. The van der Waals surface area contributed by atoms with Crippen molar-refractivity contribution in [2.24, 2.45) is 0 Å². The molecule has 1 unspecified atom stereocenters. The summed E-state index contributed by atoms with van der Waals surface area (Å²) in [5.74, 6) is 0.0136. The molecule has 0 spiro atoms. The first-order valence-corrected chi connectivity index (χ1v) is 7.09. The van der Waals surface area contributed by atoms with Gasteiger partial charge in [0.15, 0.2) is 0 Å². The first kappa shape index (κ1) is 16.6. The van der Waals surface area contributed by atoms with Crippen molar-refractivity contribution in [3.63, 3.8) is 0 Å². The second-order valence-corrected chi connectivity index (χ2v) is 6.48. The van der Waals surface area contributed by atoms with Crippen LogP contribution in [0.4, 0.5) is 0 Å². The number of amides is 1. The number of hydrogen-bond acceptors (Lipinski definition) is 3. The molecule has 1 aromatic heterocycles. The van der Waals surface area contributed by atoms with Crippen LogP contribution in [0.5, 0.6) is 0 Å². The van der Waals surface area contributed by atoms with E-state index in [0.29, 0.717) is 6.54 Å². The molecule has 1 amide bonds. The van der Waals surface area contributed by atoms with Gasteiger partial charge >= 0.3 is 0 Å². The van der Waals surface area contributed by atoms with Gasteiger partial charge in [-0.15, -0.1) is 0 Å². The summed E-state index contributed by atoms with van der Waals surface area (Å²) in [6, 6.07) is 2.18. The van der Waals surface area contributed by atoms with E-state index in [9.17, 15) is 4.79 Å². The zero-order valence-electron chi connectivity index (χ0n) is 13.7. The summed E-state index contributed by atoms with van der Waals surface area (Å²) in [6.45, 7) is 14.4. The van der Waals surface area contributed by atoms with E-state index in [4.69, 9.17) is 0 Å². The van der Waals surface area contributed by atoms with Gasteiger partial charge in [0, 0.05) is 23.0 Å². The van der Waals surface area contributed by atoms with E-state index in [2.05, 4.69) is 35.5 Å². The molecular weight excluding hydrogens is 250 g/mol. The third kappa shape index (κ3) is 4.93. The van der Waals surface area contributed by atoms with Gasteiger partial charge in [0.2, 0.25) is 5.91 Å². The second kappa shape index (κ2) is 6.35. The molecule has 0 bridgehead atoms. The quantitative estimate of drug-likeness (QED) is 0.889. The van der Waals surface area contributed by atoms with Crippen LogP contribution < -0.4 is 10.6 Å². The summed E-state index contributed by atoms with van der Waals surface area (Å²) in [4.78, 5) is 16.3. The summed E-state index contributed by atoms with van der Waals surface area (Å²) in [6.07, 6.45) is 0. The molecule has 0 radical (unpaired) electrons. The topological polar surface area (TPSA) is 54.0 Å². The normalized spacial score (nSPS) is 13.2. The van der Waals surface area contributed by atoms with Crippen molar-refractivity contribution >= 4 is 5.91 Å². The Morgan fingerprint density at radius 1 is 1.30 bits per heavy atom. The summed E-state index contributed by atoms with van der Waals surface area (Å²) >= 11 is 0. The molecule has 1 aromatic rings. The highest BCUT2D eigenvalue weighted by Gasteiger charge is 2.16. The number of hydrogen-bond donors (Lipinski definition) is 2. The Labute approximate surface area is 122 Å². The molecule has 0 saturated carbocycles. The number of nitrogens with one attached hydrogen (secondary N) is 2. The Hall–Kier alpha value is -1.42. The minimum Gasteiger partial charge on any atom is -0.350 e. The summed E-state index contributed by atoms with van der Waals surface area (Å²) in [5, 5.41) is 6.22. The van der Waals surface area contributed by atoms with Gasteiger partial charge in [-0.1, -0.05) is 0 Å².